The third-order valence-corrected chi connectivity index (χ3v) is 5.89. The number of carbonyl (C=O) groups excluding carboxylic acids is 1. The molecular weight excluding hydrogens is 442 g/mol. The molecule has 9 heteroatoms. The van der Waals surface area contributed by atoms with E-state index < -0.39 is 27.6 Å². The predicted octanol–water partition coefficient (Wildman–Crippen LogP) is 3.69. The average molecular weight is 461 g/mol. The van der Waals surface area contributed by atoms with Crippen LogP contribution in [0.5, 0.6) is 0 Å². The van der Waals surface area contributed by atoms with E-state index in [0.717, 1.165) is 18.2 Å². The number of hydrogen-bond acceptors (Lipinski definition) is 3. The number of halogens is 3. The molecule has 2 aromatic carbocycles. The van der Waals surface area contributed by atoms with Gasteiger partial charge in [-0.2, -0.15) is 0 Å². The Labute approximate surface area is 165 Å². The lowest BCUT2D eigenvalue weighted by atomic mass is 10.1. The van der Waals surface area contributed by atoms with Crippen molar-refractivity contribution in [3.05, 3.63) is 63.6 Å². The van der Waals surface area contributed by atoms with Crippen LogP contribution in [0.3, 0.4) is 0 Å². The molecule has 1 N–H and O–H groups in total. The lowest BCUT2D eigenvalue weighted by molar-refractivity contribution is 0.0746. The molecule has 0 spiro atoms. The van der Waals surface area contributed by atoms with Gasteiger partial charge in [-0.05, 0) is 43.3 Å². The molecule has 0 radical (unpaired) electrons. The Hall–Kier alpha value is -1.84. The second-order valence-corrected chi connectivity index (χ2v) is 8.38. The summed E-state index contributed by atoms with van der Waals surface area (Å²) in [4.78, 5) is 13.8. The summed E-state index contributed by atoms with van der Waals surface area (Å²) in [6.07, 6.45) is 0. The summed E-state index contributed by atoms with van der Waals surface area (Å²) in [6, 6.07) is 7.36. The van der Waals surface area contributed by atoms with Crippen molar-refractivity contribution in [3.8, 4) is 0 Å². The molecule has 0 aromatic heterocycles. The Kier molecular flexibility index (Phi) is 7.07. The summed E-state index contributed by atoms with van der Waals surface area (Å²) < 4.78 is 55.4. The topological polar surface area (TPSA) is 66.5 Å². The standard InChI is InChI=1S/C18H19BrF2N2O3S/c1-3-22-27(25,26)14-6-8-17(21)15(10-14)18(24)23(4-2)11-12-9-13(19)5-7-16(12)20/h5-10,22H,3-4,11H2,1-2H3. The van der Waals surface area contributed by atoms with Gasteiger partial charge in [0.25, 0.3) is 5.91 Å². The maximum Gasteiger partial charge on any atom is 0.257 e. The van der Waals surface area contributed by atoms with Gasteiger partial charge in [0.1, 0.15) is 11.6 Å². The van der Waals surface area contributed by atoms with Gasteiger partial charge in [-0.15, -0.1) is 0 Å². The monoisotopic (exact) mass is 460 g/mol. The number of benzene rings is 2. The highest BCUT2D eigenvalue weighted by Gasteiger charge is 2.23. The van der Waals surface area contributed by atoms with E-state index in [-0.39, 0.29) is 35.7 Å². The van der Waals surface area contributed by atoms with Crippen molar-refractivity contribution in [1.82, 2.24) is 9.62 Å². The Morgan fingerprint density at radius 2 is 1.78 bits per heavy atom. The van der Waals surface area contributed by atoms with E-state index in [4.69, 9.17) is 0 Å². The van der Waals surface area contributed by atoms with Gasteiger partial charge >= 0.3 is 0 Å². The van der Waals surface area contributed by atoms with Crippen molar-refractivity contribution in [3.63, 3.8) is 0 Å². The number of rotatable bonds is 7. The normalized spacial score (nSPS) is 11.4. The number of hydrogen-bond donors (Lipinski definition) is 1. The Morgan fingerprint density at radius 1 is 1.11 bits per heavy atom. The third kappa shape index (κ3) is 5.12. The summed E-state index contributed by atoms with van der Waals surface area (Å²) in [6.45, 7) is 3.55. The van der Waals surface area contributed by atoms with Gasteiger partial charge in [-0.3, -0.25) is 4.79 Å². The van der Waals surface area contributed by atoms with Crippen molar-refractivity contribution >= 4 is 31.9 Å². The van der Waals surface area contributed by atoms with E-state index >= 15 is 0 Å². The summed E-state index contributed by atoms with van der Waals surface area (Å²) >= 11 is 3.24. The maximum atomic E-state index is 14.2. The quantitative estimate of drug-likeness (QED) is 0.684. The fourth-order valence-electron chi connectivity index (χ4n) is 2.48. The summed E-state index contributed by atoms with van der Waals surface area (Å²) in [7, 11) is -3.84. The maximum absolute atomic E-state index is 14.2. The molecule has 0 bridgehead atoms. The smallest absolute Gasteiger partial charge is 0.257 e. The summed E-state index contributed by atoms with van der Waals surface area (Å²) in [5.74, 6) is -2.06. The van der Waals surface area contributed by atoms with Crippen molar-refractivity contribution in [1.29, 1.82) is 0 Å². The van der Waals surface area contributed by atoms with E-state index in [1.807, 2.05) is 0 Å². The number of amides is 1. The zero-order valence-corrected chi connectivity index (χ0v) is 17.2. The largest absolute Gasteiger partial charge is 0.334 e. The zero-order chi connectivity index (χ0) is 20.2. The third-order valence-electron chi connectivity index (χ3n) is 3.85. The minimum absolute atomic E-state index is 0.0791. The van der Waals surface area contributed by atoms with Gasteiger partial charge in [0.15, 0.2) is 0 Å². The number of sulfonamides is 1. The van der Waals surface area contributed by atoms with Crippen LogP contribution in [-0.2, 0) is 16.6 Å². The first-order chi connectivity index (χ1) is 12.7. The van der Waals surface area contributed by atoms with Gasteiger partial charge in [0.2, 0.25) is 10.0 Å². The molecule has 0 aliphatic rings. The first kappa shape index (κ1) is 21.5. The molecular formula is C18H19BrF2N2O3S. The summed E-state index contributed by atoms with van der Waals surface area (Å²) in [5, 5.41) is 0. The fraction of sp³-hybridized carbons (Fsp3) is 0.278. The van der Waals surface area contributed by atoms with Gasteiger partial charge in [-0.25, -0.2) is 21.9 Å². The molecule has 1 amide bonds. The Bertz CT molecular complexity index is 952. The van der Waals surface area contributed by atoms with Crippen LogP contribution >= 0.6 is 15.9 Å². The van der Waals surface area contributed by atoms with Crippen molar-refractivity contribution in [2.45, 2.75) is 25.3 Å². The van der Waals surface area contributed by atoms with Crippen molar-refractivity contribution < 1.29 is 22.0 Å². The minimum atomic E-state index is -3.84. The van der Waals surface area contributed by atoms with Crippen LogP contribution in [0.15, 0.2) is 45.8 Å². The van der Waals surface area contributed by atoms with Crippen LogP contribution in [0.2, 0.25) is 0 Å². The highest BCUT2D eigenvalue weighted by molar-refractivity contribution is 9.10. The molecule has 0 saturated heterocycles. The molecule has 0 heterocycles. The highest BCUT2D eigenvalue weighted by atomic mass is 79.9. The molecule has 0 aliphatic heterocycles. The summed E-state index contributed by atoms with van der Waals surface area (Å²) in [5.41, 5.74) is -0.123. The van der Waals surface area contributed by atoms with Gasteiger partial charge in [0, 0.05) is 29.7 Å². The van der Waals surface area contributed by atoms with E-state index in [2.05, 4.69) is 20.7 Å². The molecule has 146 valence electrons. The fourth-order valence-corrected chi connectivity index (χ4v) is 3.95. The van der Waals surface area contributed by atoms with E-state index in [0.29, 0.717) is 4.47 Å². The average Bonchev–Trinajstić information content (AvgIpc) is 2.62. The molecule has 2 aromatic rings. The first-order valence-corrected chi connectivity index (χ1v) is 10.5. The number of carbonyl (C=O) groups is 1. The predicted molar refractivity (Wildman–Crippen MR) is 102 cm³/mol. The molecule has 27 heavy (non-hydrogen) atoms. The molecule has 0 fully saturated rings. The first-order valence-electron chi connectivity index (χ1n) is 8.22. The second-order valence-electron chi connectivity index (χ2n) is 5.70. The van der Waals surface area contributed by atoms with Crippen molar-refractivity contribution in [2.75, 3.05) is 13.1 Å². The van der Waals surface area contributed by atoms with E-state index in [9.17, 15) is 22.0 Å². The second kappa shape index (κ2) is 8.90. The van der Waals surface area contributed by atoms with E-state index in [1.54, 1.807) is 13.8 Å². The minimum Gasteiger partial charge on any atom is -0.334 e. The Balaban J connectivity index is 2.38. The molecule has 0 unspecified atom stereocenters. The lowest BCUT2D eigenvalue weighted by Gasteiger charge is -2.22. The van der Waals surface area contributed by atoms with Crippen LogP contribution < -0.4 is 4.72 Å². The Morgan fingerprint density at radius 3 is 2.41 bits per heavy atom. The lowest BCUT2D eigenvalue weighted by Crippen LogP contribution is -2.32. The molecule has 5 nitrogen and oxygen atoms in total. The van der Waals surface area contributed by atoms with Crippen molar-refractivity contribution in [2.24, 2.45) is 0 Å². The van der Waals surface area contributed by atoms with Gasteiger partial charge in [0.05, 0.1) is 10.5 Å². The van der Waals surface area contributed by atoms with Crippen LogP contribution in [0.1, 0.15) is 29.8 Å². The van der Waals surface area contributed by atoms with Crippen LogP contribution in [-0.4, -0.2) is 32.3 Å². The van der Waals surface area contributed by atoms with Gasteiger partial charge in [-0.1, -0.05) is 22.9 Å². The number of nitrogens with one attached hydrogen (secondary N) is 1. The van der Waals surface area contributed by atoms with Crippen LogP contribution in [0.25, 0.3) is 0 Å². The molecule has 2 rings (SSSR count). The SMILES string of the molecule is CCNS(=O)(=O)c1ccc(F)c(C(=O)N(CC)Cc2cc(Br)ccc2F)c1. The van der Waals surface area contributed by atoms with Crippen LogP contribution in [0, 0.1) is 11.6 Å². The number of nitrogens with zero attached hydrogens (tertiary/aromatic N) is 1. The molecule has 0 saturated carbocycles. The molecule has 0 aliphatic carbocycles. The van der Waals surface area contributed by atoms with Gasteiger partial charge < -0.3 is 4.90 Å². The zero-order valence-electron chi connectivity index (χ0n) is 14.8. The van der Waals surface area contributed by atoms with E-state index in [1.165, 1.54) is 23.1 Å². The molecule has 0 atom stereocenters. The highest BCUT2D eigenvalue weighted by Crippen LogP contribution is 2.21. The van der Waals surface area contributed by atoms with Crippen LogP contribution in [0.4, 0.5) is 8.78 Å².